The number of hydrogen-bond donors (Lipinski definition) is 1. The van der Waals surface area contributed by atoms with Crippen molar-refractivity contribution in [1.29, 1.82) is 0 Å². The number of piperidine rings is 1. The molecule has 0 bridgehead atoms. The van der Waals surface area contributed by atoms with Crippen LogP contribution in [0.15, 0.2) is 0 Å². The van der Waals surface area contributed by atoms with Crippen LogP contribution in [0.3, 0.4) is 0 Å². The monoisotopic (exact) mass is 246 g/mol. The normalized spacial score (nSPS) is 31.2. The van der Waals surface area contributed by atoms with Crippen LogP contribution in [0.4, 0.5) is 0 Å². The molecule has 4 heteroatoms. The van der Waals surface area contributed by atoms with Crippen LogP contribution in [0.25, 0.3) is 0 Å². The van der Waals surface area contributed by atoms with Crippen molar-refractivity contribution in [2.24, 2.45) is 0 Å². The number of hydrogen-bond acceptors (Lipinski definition) is 3. The number of rotatable bonds is 5. The van der Waals surface area contributed by atoms with Crippen LogP contribution in [0.2, 0.25) is 0 Å². The average molecular weight is 246 g/mol. The van der Waals surface area contributed by atoms with E-state index in [0.29, 0.717) is 17.3 Å². The minimum Gasteiger partial charge on any atom is -0.314 e. The van der Waals surface area contributed by atoms with E-state index in [1.807, 2.05) is 0 Å². The summed E-state index contributed by atoms with van der Waals surface area (Å²) in [5.41, 5.74) is 0. The molecule has 0 radical (unpaired) electrons. The second-order valence-corrected chi connectivity index (χ2v) is 6.90. The van der Waals surface area contributed by atoms with E-state index in [1.54, 1.807) is 6.26 Å². The van der Waals surface area contributed by atoms with Gasteiger partial charge in [-0.2, -0.15) is 0 Å². The van der Waals surface area contributed by atoms with E-state index in [-0.39, 0.29) is 0 Å². The Bertz CT molecular complexity index is 235. The largest absolute Gasteiger partial charge is 0.314 e. The Morgan fingerprint density at radius 2 is 2.25 bits per heavy atom. The van der Waals surface area contributed by atoms with E-state index in [0.717, 1.165) is 13.0 Å². The standard InChI is InChI=1S/C12H26N2OS/c1-10-9-12(6-8-14(10)3)13-7-5-11(2)16(4)15/h10-13H,5-9H2,1-4H3. The molecule has 4 atom stereocenters. The van der Waals surface area contributed by atoms with E-state index < -0.39 is 10.8 Å². The maximum atomic E-state index is 11.2. The first kappa shape index (κ1) is 14.1. The lowest BCUT2D eigenvalue weighted by molar-refractivity contribution is 0.168. The van der Waals surface area contributed by atoms with Gasteiger partial charge in [0.1, 0.15) is 0 Å². The molecule has 0 aromatic carbocycles. The van der Waals surface area contributed by atoms with Crippen molar-refractivity contribution in [3.05, 3.63) is 0 Å². The van der Waals surface area contributed by atoms with Gasteiger partial charge in [0, 0.05) is 34.4 Å². The first-order valence-electron chi connectivity index (χ1n) is 6.26. The minimum atomic E-state index is -0.678. The van der Waals surface area contributed by atoms with Crippen molar-refractivity contribution in [1.82, 2.24) is 10.2 Å². The highest BCUT2D eigenvalue weighted by Crippen LogP contribution is 2.15. The Labute approximate surface area is 102 Å². The smallest absolute Gasteiger partial charge is 0.0329 e. The van der Waals surface area contributed by atoms with Crippen molar-refractivity contribution in [2.75, 3.05) is 26.4 Å². The summed E-state index contributed by atoms with van der Waals surface area (Å²) in [6.45, 7) is 6.54. The Morgan fingerprint density at radius 3 is 2.81 bits per heavy atom. The molecule has 0 aliphatic carbocycles. The quantitative estimate of drug-likeness (QED) is 0.791. The molecule has 1 rings (SSSR count). The van der Waals surface area contributed by atoms with Gasteiger partial charge >= 0.3 is 0 Å². The van der Waals surface area contributed by atoms with Crippen molar-refractivity contribution in [3.8, 4) is 0 Å². The fourth-order valence-electron chi connectivity index (χ4n) is 2.13. The zero-order valence-electron chi connectivity index (χ0n) is 11.0. The van der Waals surface area contributed by atoms with Gasteiger partial charge in [-0.05, 0) is 46.3 Å². The predicted molar refractivity (Wildman–Crippen MR) is 71.3 cm³/mol. The van der Waals surface area contributed by atoms with Gasteiger partial charge < -0.3 is 10.2 Å². The molecule has 0 saturated carbocycles. The maximum absolute atomic E-state index is 11.2. The molecule has 1 saturated heterocycles. The minimum absolute atomic E-state index is 0.316. The van der Waals surface area contributed by atoms with Crippen molar-refractivity contribution >= 4 is 10.8 Å². The fraction of sp³-hybridized carbons (Fsp3) is 1.00. The van der Waals surface area contributed by atoms with Gasteiger partial charge in [-0.1, -0.05) is 6.92 Å². The fourth-order valence-corrected chi connectivity index (χ4v) is 2.58. The molecule has 3 nitrogen and oxygen atoms in total. The topological polar surface area (TPSA) is 32.3 Å². The average Bonchev–Trinajstić information content (AvgIpc) is 2.23. The van der Waals surface area contributed by atoms with Crippen LogP contribution in [-0.4, -0.2) is 52.8 Å². The Kier molecular flexibility index (Phi) is 5.94. The SMILES string of the molecule is CC1CC(NCCC(C)S(C)=O)CCN1C. The first-order valence-corrected chi connectivity index (χ1v) is 7.88. The molecule has 96 valence electrons. The Hall–Kier alpha value is 0.0700. The Morgan fingerprint density at radius 1 is 1.56 bits per heavy atom. The lowest BCUT2D eigenvalue weighted by Crippen LogP contribution is -2.46. The third kappa shape index (κ3) is 4.52. The molecule has 4 unspecified atom stereocenters. The van der Waals surface area contributed by atoms with E-state index in [1.165, 1.54) is 19.4 Å². The van der Waals surface area contributed by atoms with Gasteiger partial charge in [0.15, 0.2) is 0 Å². The molecular formula is C12H26N2OS. The molecule has 0 spiro atoms. The van der Waals surface area contributed by atoms with E-state index in [2.05, 4.69) is 31.1 Å². The van der Waals surface area contributed by atoms with Crippen LogP contribution >= 0.6 is 0 Å². The van der Waals surface area contributed by atoms with Gasteiger partial charge in [-0.15, -0.1) is 0 Å². The van der Waals surface area contributed by atoms with E-state index in [9.17, 15) is 4.21 Å². The van der Waals surface area contributed by atoms with Crippen LogP contribution < -0.4 is 5.32 Å². The van der Waals surface area contributed by atoms with Crippen LogP contribution in [0.1, 0.15) is 33.1 Å². The third-order valence-corrected chi connectivity index (χ3v) is 5.13. The zero-order chi connectivity index (χ0) is 12.1. The second-order valence-electron chi connectivity index (χ2n) is 5.10. The summed E-state index contributed by atoms with van der Waals surface area (Å²) in [6.07, 6.45) is 5.29. The van der Waals surface area contributed by atoms with Gasteiger partial charge in [0.2, 0.25) is 0 Å². The number of nitrogens with one attached hydrogen (secondary N) is 1. The summed E-state index contributed by atoms with van der Waals surface area (Å²) in [7, 11) is 1.52. The maximum Gasteiger partial charge on any atom is 0.0329 e. The van der Waals surface area contributed by atoms with Gasteiger partial charge in [0.25, 0.3) is 0 Å². The van der Waals surface area contributed by atoms with Gasteiger partial charge in [-0.25, -0.2) is 0 Å². The predicted octanol–water partition coefficient (Wildman–Crippen LogP) is 1.22. The highest BCUT2D eigenvalue weighted by molar-refractivity contribution is 7.84. The molecule has 1 N–H and O–H groups in total. The number of likely N-dealkylation sites (tertiary alicyclic amines) is 1. The molecule has 1 fully saturated rings. The molecular weight excluding hydrogens is 220 g/mol. The molecule has 1 aliphatic heterocycles. The highest BCUT2D eigenvalue weighted by atomic mass is 32.2. The molecule has 16 heavy (non-hydrogen) atoms. The van der Waals surface area contributed by atoms with Crippen molar-refractivity contribution < 1.29 is 4.21 Å². The number of nitrogens with zero attached hydrogens (tertiary/aromatic N) is 1. The highest BCUT2D eigenvalue weighted by Gasteiger charge is 2.22. The molecule has 0 aromatic heterocycles. The summed E-state index contributed by atoms with van der Waals surface area (Å²) in [5.74, 6) is 0. The van der Waals surface area contributed by atoms with Crippen LogP contribution in [0.5, 0.6) is 0 Å². The summed E-state index contributed by atoms with van der Waals surface area (Å²) < 4.78 is 11.2. The summed E-state index contributed by atoms with van der Waals surface area (Å²) >= 11 is 0. The van der Waals surface area contributed by atoms with Crippen molar-refractivity contribution in [2.45, 2.75) is 50.4 Å². The van der Waals surface area contributed by atoms with E-state index in [4.69, 9.17) is 0 Å². The van der Waals surface area contributed by atoms with Gasteiger partial charge in [0.05, 0.1) is 0 Å². The third-order valence-electron chi connectivity index (χ3n) is 3.76. The summed E-state index contributed by atoms with van der Waals surface area (Å²) in [4.78, 5) is 2.42. The zero-order valence-corrected chi connectivity index (χ0v) is 11.8. The lowest BCUT2D eigenvalue weighted by Gasteiger charge is -2.35. The molecule has 0 amide bonds. The Balaban J connectivity index is 2.16. The first-order chi connectivity index (χ1) is 7.50. The second kappa shape index (κ2) is 6.72. The molecule has 1 heterocycles. The van der Waals surface area contributed by atoms with Crippen LogP contribution in [0, 0.1) is 0 Å². The van der Waals surface area contributed by atoms with Gasteiger partial charge in [-0.3, -0.25) is 4.21 Å². The lowest BCUT2D eigenvalue weighted by atomic mass is 9.99. The molecule has 0 aromatic rings. The summed E-state index contributed by atoms with van der Waals surface area (Å²) in [6, 6.07) is 1.34. The van der Waals surface area contributed by atoms with Crippen LogP contribution in [-0.2, 0) is 10.8 Å². The van der Waals surface area contributed by atoms with E-state index >= 15 is 0 Å². The summed E-state index contributed by atoms with van der Waals surface area (Å²) in [5, 5.41) is 3.91. The van der Waals surface area contributed by atoms with Crippen molar-refractivity contribution in [3.63, 3.8) is 0 Å². The molecule has 1 aliphatic rings.